The molecular weight excluding hydrogens is 434 g/mol. The van der Waals surface area contributed by atoms with Crippen molar-refractivity contribution in [2.45, 2.75) is 46.6 Å². The van der Waals surface area contributed by atoms with Gasteiger partial charge < -0.3 is 4.57 Å². The number of H-pyrrole nitrogens is 1. The second-order valence-electron chi connectivity index (χ2n) is 9.28. The zero-order valence-corrected chi connectivity index (χ0v) is 20.2. The number of aromatic amines is 1. The normalized spacial score (nSPS) is 12.8. The number of hydrogen-bond acceptors (Lipinski definition) is 5. The molecule has 35 heavy (non-hydrogen) atoms. The second-order valence-corrected chi connectivity index (χ2v) is 9.28. The smallest absolute Gasteiger partial charge is 0.205 e. The first-order valence-corrected chi connectivity index (χ1v) is 12.1. The van der Waals surface area contributed by atoms with Gasteiger partial charge in [-0.25, -0.2) is 9.97 Å². The summed E-state index contributed by atoms with van der Waals surface area (Å²) in [5.74, 6) is 1.70. The molecule has 1 N–H and O–H groups in total. The van der Waals surface area contributed by atoms with Crippen LogP contribution in [-0.4, -0.2) is 35.2 Å². The maximum atomic E-state index is 4.98. The van der Waals surface area contributed by atoms with E-state index in [9.17, 15) is 0 Å². The highest BCUT2D eigenvalue weighted by Crippen LogP contribution is 2.33. The fourth-order valence-corrected chi connectivity index (χ4v) is 5.10. The molecule has 7 heteroatoms. The Kier molecular flexibility index (Phi) is 5.25. The monoisotopic (exact) mass is 461 g/mol. The van der Waals surface area contributed by atoms with Gasteiger partial charge in [0.1, 0.15) is 11.3 Å². The molecule has 0 saturated carbocycles. The molecule has 0 saturated heterocycles. The molecule has 1 aliphatic rings. The quantitative estimate of drug-likeness (QED) is 0.388. The molecule has 3 aromatic heterocycles. The number of benzene rings is 2. The zero-order chi connectivity index (χ0) is 23.9. The fraction of sp³-hybridized carbons (Fsp3) is 0.250. The van der Waals surface area contributed by atoms with Crippen molar-refractivity contribution >= 4 is 22.8 Å². The van der Waals surface area contributed by atoms with Gasteiger partial charge in [-0.1, -0.05) is 49.4 Å². The molecular formula is C28H27N7. The van der Waals surface area contributed by atoms with E-state index in [1.54, 1.807) is 0 Å². The van der Waals surface area contributed by atoms with Crippen molar-refractivity contribution in [2.75, 3.05) is 0 Å². The molecule has 174 valence electrons. The van der Waals surface area contributed by atoms with Crippen molar-refractivity contribution in [3.05, 3.63) is 99.3 Å². The van der Waals surface area contributed by atoms with Gasteiger partial charge in [0.05, 0.1) is 6.54 Å². The largest absolute Gasteiger partial charge is 0.308 e. The summed E-state index contributed by atoms with van der Waals surface area (Å²) in [6.07, 6.45) is 4.99. The van der Waals surface area contributed by atoms with Crippen LogP contribution in [0.25, 0.3) is 22.8 Å². The van der Waals surface area contributed by atoms with E-state index >= 15 is 0 Å². The Morgan fingerprint density at radius 3 is 2.71 bits per heavy atom. The number of imidazole rings is 1. The van der Waals surface area contributed by atoms with E-state index in [2.05, 4.69) is 101 Å². The number of aryl methyl sites for hydroxylation is 3. The average Bonchev–Trinajstić information content (AvgIpc) is 3.45. The Bertz CT molecular complexity index is 1570. The van der Waals surface area contributed by atoms with E-state index in [-0.39, 0.29) is 0 Å². The summed E-state index contributed by atoms with van der Waals surface area (Å²) >= 11 is 0. The number of rotatable bonds is 5. The van der Waals surface area contributed by atoms with Crippen LogP contribution in [0.4, 0.5) is 0 Å². The van der Waals surface area contributed by atoms with E-state index in [1.807, 2.05) is 0 Å². The van der Waals surface area contributed by atoms with Gasteiger partial charge in [-0.2, -0.15) is 5.21 Å². The van der Waals surface area contributed by atoms with Crippen LogP contribution >= 0.6 is 0 Å². The van der Waals surface area contributed by atoms with Crippen molar-refractivity contribution in [1.29, 1.82) is 0 Å². The Labute approximate surface area is 204 Å². The molecule has 0 atom stereocenters. The third kappa shape index (κ3) is 3.83. The molecule has 6 rings (SSSR count). The average molecular weight is 462 g/mol. The highest BCUT2D eigenvalue weighted by Gasteiger charge is 2.20. The molecule has 0 unspecified atom stereocenters. The number of aromatic nitrogens is 7. The summed E-state index contributed by atoms with van der Waals surface area (Å²) in [7, 11) is 0. The predicted octanol–water partition coefficient (Wildman–Crippen LogP) is 5.06. The fourth-order valence-electron chi connectivity index (χ4n) is 5.10. The summed E-state index contributed by atoms with van der Waals surface area (Å²) in [6.45, 7) is 7.10. The molecule has 0 aliphatic heterocycles. The van der Waals surface area contributed by atoms with E-state index < -0.39 is 0 Å². The van der Waals surface area contributed by atoms with Gasteiger partial charge in [0.25, 0.3) is 0 Å². The van der Waals surface area contributed by atoms with Gasteiger partial charge in [-0.3, -0.25) is 0 Å². The topological polar surface area (TPSA) is 85.2 Å². The van der Waals surface area contributed by atoms with Crippen molar-refractivity contribution in [3.8, 4) is 0 Å². The number of hydrogen-bond donors (Lipinski definition) is 1. The minimum absolute atomic E-state index is 0.608. The van der Waals surface area contributed by atoms with Crippen LogP contribution in [0.1, 0.15) is 64.1 Å². The van der Waals surface area contributed by atoms with Crippen molar-refractivity contribution in [2.24, 2.45) is 0 Å². The Morgan fingerprint density at radius 1 is 1.00 bits per heavy atom. The summed E-state index contributed by atoms with van der Waals surface area (Å²) in [6, 6.07) is 17.3. The number of nitrogens with zero attached hydrogens (tertiary/aromatic N) is 6. The lowest BCUT2D eigenvalue weighted by molar-refractivity contribution is 0.715. The molecule has 0 amide bonds. The molecule has 1 aliphatic carbocycles. The summed E-state index contributed by atoms with van der Waals surface area (Å²) in [4.78, 5) is 9.86. The van der Waals surface area contributed by atoms with Crippen LogP contribution < -0.4 is 0 Å². The van der Waals surface area contributed by atoms with Crippen LogP contribution in [0.3, 0.4) is 0 Å². The van der Waals surface area contributed by atoms with E-state index in [0.29, 0.717) is 5.82 Å². The highest BCUT2D eigenvalue weighted by molar-refractivity contribution is 5.92. The van der Waals surface area contributed by atoms with Gasteiger partial charge >= 0.3 is 0 Å². The maximum Gasteiger partial charge on any atom is 0.205 e. The summed E-state index contributed by atoms with van der Waals surface area (Å²) in [5, 5.41) is 15.0. The molecule has 0 bridgehead atoms. The van der Waals surface area contributed by atoms with Crippen molar-refractivity contribution in [3.63, 3.8) is 0 Å². The lowest BCUT2D eigenvalue weighted by atomic mass is 9.95. The van der Waals surface area contributed by atoms with Crippen molar-refractivity contribution < 1.29 is 0 Å². The third-order valence-corrected chi connectivity index (χ3v) is 6.70. The number of tetrazole rings is 1. The summed E-state index contributed by atoms with van der Waals surface area (Å²) < 4.78 is 2.29. The first-order valence-electron chi connectivity index (χ1n) is 12.1. The van der Waals surface area contributed by atoms with E-state index in [0.717, 1.165) is 59.6 Å². The highest BCUT2D eigenvalue weighted by atomic mass is 15.5. The first kappa shape index (κ1) is 21.4. The Hall–Kier alpha value is -4.13. The SMILES string of the molecule is CCCc1nc2c(C)cc(C)nc2n1Cc1ccc2c(c1)Cc1ccccc1C=C2c1nn[nH]n1. The molecule has 7 nitrogen and oxygen atoms in total. The summed E-state index contributed by atoms with van der Waals surface area (Å²) in [5.41, 5.74) is 11.3. The second kappa shape index (κ2) is 8.58. The number of fused-ring (bicyclic) bond motifs is 3. The van der Waals surface area contributed by atoms with Gasteiger partial charge in [0.2, 0.25) is 5.82 Å². The maximum absolute atomic E-state index is 4.98. The minimum Gasteiger partial charge on any atom is -0.308 e. The van der Waals surface area contributed by atoms with Crippen LogP contribution in [0.2, 0.25) is 0 Å². The first-order chi connectivity index (χ1) is 17.1. The number of nitrogens with one attached hydrogen (secondary N) is 1. The molecule has 3 heterocycles. The molecule has 0 radical (unpaired) electrons. The molecule has 5 aromatic rings. The lowest BCUT2D eigenvalue weighted by Gasteiger charge is -2.13. The standard InChI is InChI=1S/C28H27N7/c1-4-7-25-30-26-17(2)12-18(3)29-28(26)35(25)16-19-10-11-23-22(13-19)14-20-8-5-6-9-21(20)15-24(23)27-31-33-34-32-27/h5-6,8-13,15H,4,7,14,16H2,1-3H3,(H,31,32,33,34). The lowest BCUT2D eigenvalue weighted by Crippen LogP contribution is -2.07. The van der Waals surface area contributed by atoms with Gasteiger partial charge in [0.15, 0.2) is 5.65 Å². The van der Waals surface area contributed by atoms with E-state index in [4.69, 9.17) is 9.97 Å². The zero-order valence-electron chi connectivity index (χ0n) is 20.2. The predicted molar refractivity (Wildman–Crippen MR) is 137 cm³/mol. The third-order valence-electron chi connectivity index (χ3n) is 6.70. The van der Waals surface area contributed by atoms with Crippen LogP contribution in [-0.2, 0) is 19.4 Å². The van der Waals surface area contributed by atoms with Gasteiger partial charge in [-0.15, -0.1) is 10.2 Å². The van der Waals surface area contributed by atoms with Crippen LogP contribution in [0, 0.1) is 13.8 Å². The van der Waals surface area contributed by atoms with Crippen LogP contribution in [0.15, 0.2) is 48.5 Å². The Balaban J connectivity index is 1.47. The van der Waals surface area contributed by atoms with E-state index in [1.165, 1.54) is 27.8 Å². The van der Waals surface area contributed by atoms with Crippen molar-refractivity contribution in [1.82, 2.24) is 35.2 Å². The van der Waals surface area contributed by atoms with Gasteiger partial charge in [-0.05, 0) is 77.4 Å². The van der Waals surface area contributed by atoms with Crippen LogP contribution in [0.5, 0.6) is 0 Å². The number of pyridine rings is 1. The van der Waals surface area contributed by atoms with Gasteiger partial charge in [0, 0.05) is 17.7 Å². The molecule has 0 fully saturated rings. The Morgan fingerprint density at radius 2 is 1.89 bits per heavy atom. The molecule has 0 spiro atoms. The minimum atomic E-state index is 0.608. The molecule has 2 aromatic carbocycles.